The Morgan fingerprint density at radius 2 is 2.26 bits per heavy atom. The molecule has 1 aromatic rings. The third-order valence-electron chi connectivity index (χ3n) is 2.77. The second-order valence-corrected chi connectivity index (χ2v) is 4.47. The van der Waals surface area contributed by atoms with E-state index in [4.69, 9.17) is 26.3 Å². The average molecular weight is 283 g/mol. The van der Waals surface area contributed by atoms with Crippen molar-refractivity contribution in [2.45, 2.75) is 25.7 Å². The van der Waals surface area contributed by atoms with Crippen LogP contribution >= 0.6 is 11.6 Å². The lowest BCUT2D eigenvalue weighted by atomic mass is 9.80. The highest BCUT2D eigenvalue weighted by molar-refractivity contribution is 6.29. The van der Waals surface area contributed by atoms with Crippen molar-refractivity contribution in [2.24, 2.45) is 0 Å². The molecule has 0 bridgehead atoms. The van der Waals surface area contributed by atoms with Gasteiger partial charge in [-0.25, -0.2) is 4.98 Å². The molecule has 5 nitrogen and oxygen atoms in total. The lowest BCUT2D eigenvalue weighted by molar-refractivity contribution is -0.149. The number of hydrogen-bond donors (Lipinski definition) is 0. The summed E-state index contributed by atoms with van der Waals surface area (Å²) in [6, 6.07) is 5.17. The Balaban J connectivity index is 3.34. The zero-order chi connectivity index (χ0) is 14.5. The number of ether oxygens (including phenoxy) is 2. The first-order chi connectivity index (χ1) is 8.99. The molecule has 1 rings (SSSR count). The fourth-order valence-corrected chi connectivity index (χ4v) is 1.86. The maximum atomic E-state index is 12.1. The highest BCUT2D eigenvalue weighted by Gasteiger charge is 2.39. The summed E-state index contributed by atoms with van der Waals surface area (Å²) in [5.41, 5.74) is -0.646. The standard InChI is InChI=1S/C13H15ClN2O3/c1-4-19-12(17)13(2,7-8-15)9-5-6-10(14)16-11(9)18-3/h5-6H,4,7H2,1-3H3/t13-/m0/s1. The van der Waals surface area contributed by atoms with E-state index in [0.717, 1.165) is 0 Å². The van der Waals surface area contributed by atoms with E-state index in [1.165, 1.54) is 7.11 Å². The topological polar surface area (TPSA) is 72.2 Å². The Morgan fingerprint density at radius 3 is 2.79 bits per heavy atom. The van der Waals surface area contributed by atoms with Crippen LogP contribution in [-0.2, 0) is 14.9 Å². The summed E-state index contributed by atoms with van der Waals surface area (Å²) in [4.78, 5) is 16.1. The SMILES string of the molecule is CCOC(=O)[C@@](C)(CC#N)c1ccc(Cl)nc1OC. The lowest BCUT2D eigenvalue weighted by Crippen LogP contribution is -2.34. The van der Waals surface area contributed by atoms with Crippen molar-refractivity contribution in [2.75, 3.05) is 13.7 Å². The summed E-state index contributed by atoms with van der Waals surface area (Å²) in [6.07, 6.45) is -0.0362. The van der Waals surface area contributed by atoms with Crippen molar-refractivity contribution in [1.29, 1.82) is 5.26 Å². The number of nitrogens with zero attached hydrogens (tertiary/aromatic N) is 2. The van der Waals surface area contributed by atoms with Crippen LogP contribution < -0.4 is 4.74 Å². The molecular weight excluding hydrogens is 268 g/mol. The minimum Gasteiger partial charge on any atom is -0.481 e. The van der Waals surface area contributed by atoms with Gasteiger partial charge in [-0.15, -0.1) is 0 Å². The summed E-state index contributed by atoms with van der Waals surface area (Å²) in [6.45, 7) is 3.58. The van der Waals surface area contributed by atoms with E-state index in [9.17, 15) is 4.79 Å². The van der Waals surface area contributed by atoms with Gasteiger partial charge in [0.05, 0.1) is 26.2 Å². The van der Waals surface area contributed by atoms with Gasteiger partial charge in [-0.2, -0.15) is 5.26 Å². The molecule has 0 spiro atoms. The Kier molecular flexibility index (Phi) is 5.13. The van der Waals surface area contributed by atoms with Gasteiger partial charge >= 0.3 is 5.97 Å². The van der Waals surface area contributed by atoms with E-state index >= 15 is 0 Å². The number of pyridine rings is 1. The molecule has 0 saturated carbocycles. The predicted molar refractivity (Wildman–Crippen MR) is 70.0 cm³/mol. The van der Waals surface area contributed by atoms with Crippen LogP contribution in [-0.4, -0.2) is 24.7 Å². The second-order valence-electron chi connectivity index (χ2n) is 4.08. The minimum absolute atomic E-state index is 0.0362. The molecular formula is C13H15ClN2O3. The van der Waals surface area contributed by atoms with Gasteiger partial charge in [0.25, 0.3) is 0 Å². The van der Waals surface area contributed by atoms with Crippen LogP contribution in [0.1, 0.15) is 25.8 Å². The Bertz CT molecular complexity index is 513. The normalized spacial score (nSPS) is 13.2. The first-order valence-electron chi connectivity index (χ1n) is 5.74. The molecule has 0 saturated heterocycles. The number of carbonyl (C=O) groups excluding carboxylic acids is 1. The van der Waals surface area contributed by atoms with Crippen molar-refractivity contribution in [1.82, 2.24) is 4.98 Å². The van der Waals surface area contributed by atoms with Crippen molar-refractivity contribution < 1.29 is 14.3 Å². The number of hydrogen-bond acceptors (Lipinski definition) is 5. The van der Waals surface area contributed by atoms with Crippen LogP contribution in [0.5, 0.6) is 5.88 Å². The maximum Gasteiger partial charge on any atom is 0.317 e. The van der Waals surface area contributed by atoms with Gasteiger partial charge in [-0.05, 0) is 26.0 Å². The minimum atomic E-state index is -1.13. The second kappa shape index (κ2) is 6.39. The lowest BCUT2D eigenvalue weighted by Gasteiger charge is -2.26. The Labute approximate surface area is 117 Å². The Hall–Kier alpha value is -1.80. The fourth-order valence-electron chi connectivity index (χ4n) is 1.72. The van der Waals surface area contributed by atoms with E-state index < -0.39 is 11.4 Å². The molecule has 0 radical (unpaired) electrons. The molecule has 0 aliphatic heterocycles. The number of methoxy groups -OCH3 is 1. The number of nitriles is 1. The molecule has 1 atom stereocenters. The maximum absolute atomic E-state index is 12.1. The largest absolute Gasteiger partial charge is 0.481 e. The molecule has 0 unspecified atom stereocenters. The van der Waals surface area contributed by atoms with E-state index in [-0.39, 0.29) is 24.1 Å². The van der Waals surface area contributed by atoms with Crippen LogP contribution in [0, 0.1) is 11.3 Å². The van der Waals surface area contributed by atoms with Gasteiger partial charge in [0.15, 0.2) is 0 Å². The number of halogens is 1. The third kappa shape index (κ3) is 3.15. The smallest absolute Gasteiger partial charge is 0.317 e. The molecule has 1 heterocycles. The van der Waals surface area contributed by atoms with Gasteiger partial charge in [0, 0.05) is 5.56 Å². The number of rotatable bonds is 5. The quantitative estimate of drug-likeness (QED) is 0.613. The van der Waals surface area contributed by atoms with Gasteiger partial charge < -0.3 is 9.47 Å². The summed E-state index contributed by atoms with van der Waals surface area (Å²) in [5, 5.41) is 9.21. The summed E-state index contributed by atoms with van der Waals surface area (Å²) in [5.74, 6) is -0.266. The first-order valence-corrected chi connectivity index (χ1v) is 6.12. The molecule has 6 heteroatoms. The molecule has 102 valence electrons. The summed E-state index contributed by atoms with van der Waals surface area (Å²) < 4.78 is 10.2. The number of esters is 1. The van der Waals surface area contributed by atoms with Crippen molar-refractivity contribution in [3.63, 3.8) is 0 Å². The molecule has 0 amide bonds. The number of aromatic nitrogens is 1. The molecule has 0 aliphatic carbocycles. The zero-order valence-corrected chi connectivity index (χ0v) is 11.8. The molecule has 0 aromatic carbocycles. The van der Waals surface area contributed by atoms with E-state index in [1.54, 1.807) is 26.0 Å². The zero-order valence-electron chi connectivity index (χ0n) is 11.1. The van der Waals surface area contributed by atoms with Crippen molar-refractivity contribution in [3.8, 4) is 11.9 Å². The summed E-state index contributed by atoms with van der Waals surface area (Å²) in [7, 11) is 1.43. The van der Waals surface area contributed by atoms with Crippen LogP contribution in [0.3, 0.4) is 0 Å². The molecule has 0 N–H and O–H groups in total. The van der Waals surface area contributed by atoms with Gasteiger partial charge in [-0.1, -0.05) is 11.6 Å². The molecule has 19 heavy (non-hydrogen) atoms. The van der Waals surface area contributed by atoms with Crippen molar-refractivity contribution >= 4 is 17.6 Å². The third-order valence-corrected chi connectivity index (χ3v) is 2.98. The monoisotopic (exact) mass is 282 g/mol. The molecule has 1 aromatic heterocycles. The van der Waals surface area contributed by atoms with E-state index in [2.05, 4.69) is 4.98 Å². The van der Waals surface area contributed by atoms with Gasteiger partial charge in [0.2, 0.25) is 5.88 Å². The van der Waals surface area contributed by atoms with Gasteiger partial charge in [-0.3, -0.25) is 4.79 Å². The highest BCUT2D eigenvalue weighted by atomic mass is 35.5. The van der Waals surface area contributed by atoms with E-state index in [0.29, 0.717) is 5.56 Å². The van der Waals surface area contributed by atoms with Crippen LogP contribution in [0.2, 0.25) is 5.15 Å². The highest BCUT2D eigenvalue weighted by Crippen LogP contribution is 2.35. The average Bonchev–Trinajstić information content (AvgIpc) is 2.38. The van der Waals surface area contributed by atoms with Crippen LogP contribution in [0.25, 0.3) is 0 Å². The number of carbonyl (C=O) groups is 1. The van der Waals surface area contributed by atoms with Gasteiger partial charge in [0.1, 0.15) is 10.6 Å². The van der Waals surface area contributed by atoms with Crippen LogP contribution in [0.15, 0.2) is 12.1 Å². The Morgan fingerprint density at radius 1 is 1.58 bits per heavy atom. The van der Waals surface area contributed by atoms with Crippen LogP contribution in [0.4, 0.5) is 0 Å². The predicted octanol–water partition coefficient (Wildman–Crippen LogP) is 2.48. The molecule has 0 fully saturated rings. The fraction of sp³-hybridized carbons (Fsp3) is 0.462. The molecule has 0 aliphatic rings. The van der Waals surface area contributed by atoms with E-state index in [1.807, 2.05) is 6.07 Å². The first kappa shape index (κ1) is 15.3. The van der Waals surface area contributed by atoms with Crippen molar-refractivity contribution in [3.05, 3.63) is 22.8 Å². The summed E-state index contributed by atoms with van der Waals surface area (Å²) >= 11 is 5.79.